The predicted octanol–water partition coefficient (Wildman–Crippen LogP) is 2.29. The van der Waals surface area contributed by atoms with E-state index in [0.717, 1.165) is 30.2 Å². The van der Waals surface area contributed by atoms with Gasteiger partial charge in [0.25, 0.3) is 0 Å². The van der Waals surface area contributed by atoms with E-state index in [-0.39, 0.29) is 0 Å². The number of hydrogen-bond acceptors (Lipinski definition) is 3. The molecular formula is C13H21N3S. The molecule has 0 amide bonds. The Morgan fingerprint density at radius 2 is 2.12 bits per heavy atom. The minimum atomic E-state index is 0.837. The van der Waals surface area contributed by atoms with Crippen molar-refractivity contribution in [3.05, 3.63) is 12.4 Å². The van der Waals surface area contributed by atoms with E-state index in [1.54, 1.807) is 0 Å². The number of rotatable bonds is 7. The molecule has 0 saturated heterocycles. The van der Waals surface area contributed by atoms with E-state index in [1.165, 1.54) is 30.6 Å². The van der Waals surface area contributed by atoms with Crippen LogP contribution < -0.4 is 5.32 Å². The molecule has 17 heavy (non-hydrogen) atoms. The average molecular weight is 251 g/mol. The quantitative estimate of drug-likeness (QED) is 0.595. The van der Waals surface area contributed by atoms with Crippen LogP contribution in [0.15, 0.2) is 17.3 Å². The summed E-state index contributed by atoms with van der Waals surface area (Å²) in [7, 11) is 1.97. The van der Waals surface area contributed by atoms with Crippen LogP contribution in [0.25, 0.3) is 0 Å². The van der Waals surface area contributed by atoms with Crippen molar-refractivity contribution in [2.75, 3.05) is 12.3 Å². The lowest BCUT2D eigenvalue weighted by Gasteiger charge is -2.17. The largest absolute Gasteiger partial charge is 0.313 e. The predicted molar refractivity (Wildman–Crippen MR) is 71.2 cm³/mol. The fourth-order valence-electron chi connectivity index (χ4n) is 2.50. The smallest absolute Gasteiger partial charge is 0.0625 e. The van der Waals surface area contributed by atoms with Gasteiger partial charge < -0.3 is 5.32 Å². The van der Waals surface area contributed by atoms with Crippen molar-refractivity contribution in [2.24, 2.45) is 18.9 Å². The highest BCUT2D eigenvalue weighted by atomic mass is 32.2. The van der Waals surface area contributed by atoms with Gasteiger partial charge in [-0.2, -0.15) is 5.10 Å². The van der Waals surface area contributed by atoms with Crippen LogP contribution in [0.1, 0.15) is 25.7 Å². The molecule has 1 N–H and O–H groups in total. The second kappa shape index (κ2) is 5.02. The maximum atomic E-state index is 4.18. The molecule has 0 atom stereocenters. The summed E-state index contributed by atoms with van der Waals surface area (Å²) in [4.78, 5) is 1.28. The zero-order valence-corrected chi connectivity index (χ0v) is 11.2. The SMILES string of the molecule is Cn1cc(SCCNC(C2CC2)C2CC2)cn1. The standard InChI is InChI=1S/C13H21N3S/c1-16-9-12(8-15-16)17-7-6-14-13(10-2-3-10)11-4-5-11/h8-11,13-14H,2-7H2,1H3. The number of nitrogens with one attached hydrogen (secondary N) is 1. The lowest BCUT2D eigenvalue weighted by Crippen LogP contribution is -2.34. The lowest BCUT2D eigenvalue weighted by molar-refractivity contribution is 0.429. The topological polar surface area (TPSA) is 29.9 Å². The number of thioether (sulfide) groups is 1. The maximum absolute atomic E-state index is 4.18. The van der Waals surface area contributed by atoms with E-state index >= 15 is 0 Å². The van der Waals surface area contributed by atoms with E-state index in [1.807, 2.05) is 29.7 Å². The van der Waals surface area contributed by atoms with Crippen molar-refractivity contribution in [1.29, 1.82) is 0 Å². The van der Waals surface area contributed by atoms with E-state index in [2.05, 4.69) is 16.6 Å². The number of aromatic nitrogens is 2. The molecular weight excluding hydrogens is 230 g/mol. The van der Waals surface area contributed by atoms with E-state index in [4.69, 9.17) is 0 Å². The minimum Gasteiger partial charge on any atom is -0.313 e. The molecule has 3 rings (SSSR count). The molecule has 1 aromatic rings. The molecule has 0 bridgehead atoms. The average Bonchev–Trinajstić information content (AvgIpc) is 3.20. The summed E-state index contributed by atoms with van der Waals surface area (Å²) in [5, 5.41) is 7.95. The Balaban J connectivity index is 1.36. The second-order valence-corrected chi connectivity index (χ2v) is 6.52. The van der Waals surface area contributed by atoms with Crippen LogP contribution in [0.3, 0.4) is 0 Å². The van der Waals surface area contributed by atoms with Crippen LogP contribution in [0.2, 0.25) is 0 Å². The fraction of sp³-hybridized carbons (Fsp3) is 0.769. The summed E-state index contributed by atoms with van der Waals surface area (Å²) in [6, 6.07) is 0.837. The van der Waals surface area contributed by atoms with Crippen molar-refractivity contribution in [2.45, 2.75) is 36.6 Å². The molecule has 2 aliphatic rings. The van der Waals surface area contributed by atoms with Gasteiger partial charge in [0, 0.05) is 36.5 Å². The van der Waals surface area contributed by atoms with Gasteiger partial charge in [-0.25, -0.2) is 0 Å². The molecule has 4 heteroatoms. The summed E-state index contributed by atoms with van der Waals surface area (Å²) in [5.41, 5.74) is 0. The third-order valence-corrected chi connectivity index (χ3v) is 4.64. The summed E-state index contributed by atoms with van der Waals surface area (Å²) in [6.07, 6.45) is 9.88. The molecule has 2 saturated carbocycles. The maximum Gasteiger partial charge on any atom is 0.0625 e. The monoisotopic (exact) mass is 251 g/mol. The first-order valence-corrected chi connectivity index (χ1v) is 7.66. The Kier molecular flexibility index (Phi) is 3.43. The molecule has 1 aromatic heterocycles. The Bertz CT molecular complexity index is 356. The van der Waals surface area contributed by atoms with Crippen molar-refractivity contribution in [1.82, 2.24) is 15.1 Å². The zero-order chi connectivity index (χ0) is 11.7. The molecule has 2 fully saturated rings. The van der Waals surface area contributed by atoms with Crippen LogP contribution in [-0.2, 0) is 7.05 Å². The van der Waals surface area contributed by atoms with Crippen molar-refractivity contribution >= 4 is 11.8 Å². The normalized spacial score (nSPS) is 20.1. The van der Waals surface area contributed by atoms with Crippen molar-refractivity contribution in [3.63, 3.8) is 0 Å². The first-order valence-electron chi connectivity index (χ1n) is 6.68. The first kappa shape index (κ1) is 11.6. The van der Waals surface area contributed by atoms with Gasteiger partial charge in [0.15, 0.2) is 0 Å². The van der Waals surface area contributed by atoms with Crippen LogP contribution in [0.4, 0.5) is 0 Å². The van der Waals surface area contributed by atoms with Gasteiger partial charge >= 0.3 is 0 Å². The second-order valence-electron chi connectivity index (χ2n) is 5.35. The third kappa shape index (κ3) is 3.26. The highest BCUT2D eigenvalue weighted by Crippen LogP contribution is 2.44. The van der Waals surface area contributed by atoms with Crippen molar-refractivity contribution < 1.29 is 0 Å². The van der Waals surface area contributed by atoms with Gasteiger partial charge in [-0.1, -0.05) is 0 Å². The van der Waals surface area contributed by atoms with Gasteiger partial charge in [0.2, 0.25) is 0 Å². The lowest BCUT2D eigenvalue weighted by atomic mass is 10.1. The van der Waals surface area contributed by atoms with Gasteiger partial charge in [-0.05, 0) is 37.5 Å². The summed E-state index contributed by atoms with van der Waals surface area (Å²) in [6.45, 7) is 1.14. The zero-order valence-electron chi connectivity index (χ0n) is 10.4. The van der Waals surface area contributed by atoms with Crippen molar-refractivity contribution in [3.8, 4) is 0 Å². The molecule has 3 nitrogen and oxygen atoms in total. The van der Waals surface area contributed by atoms with Gasteiger partial charge in [-0.15, -0.1) is 11.8 Å². The molecule has 0 radical (unpaired) electrons. The highest BCUT2D eigenvalue weighted by Gasteiger charge is 2.40. The molecule has 0 aliphatic heterocycles. The Morgan fingerprint density at radius 1 is 1.41 bits per heavy atom. The van der Waals surface area contributed by atoms with E-state index in [9.17, 15) is 0 Å². The van der Waals surface area contributed by atoms with Crippen LogP contribution in [0.5, 0.6) is 0 Å². The highest BCUT2D eigenvalue weighted by molar-refractivity contribution is 7.99. The number of nitrogens with zero attached hydrogens (tertiary/aromatic N) is 2. The fourth-order valence-corrected chi connectivity index (χ4v) is 3.30. The Labute approximate surface area is 107 Å². The minimum absolute atomic E-state index is 0.837. The van der Waals surface area contributed by atoms with E-state index < -0.39 is 0 Å². The molecule has 0 spiro atoms. The molecule has 94 valence electrons. The van der Waals surface area contributed by atoms with Gasteiger partial charge in [-0.3, -0.25) is 4.68 Å². The van der Waals surface area contributed by atoms with E-state index in [0.29, 0.717) is 0 Å². The summed E-state index contributed by atoms with van der Waals surface area (Å²) < 4.78 is 1.87. The van der Waals surface area contributed by atoms with Crippen LogP contribution >= 0.6 is 11.8 Å². The summed E-state index contributed by atoms with van der Waals surface area (Å²) in [5.74, 6) is 3.17. The van der Waals surface area contributed by atoms with Gasteiger partial charge in [0.1, 0.15) is 0 Å². The van der Waals surface area contributed by atoms with Crippen LogP contribution in [-0.4, -0.2) is 28.1 Å². The Morgan fingerprint density at radius 3 is 2.65 bits per heavy atom. The Hall–Kier alpha value is -0.480. The molecule has 0 aromatic carbocycles. The third-order valence-electron chi connectivity index (χ3n) is 3.69. The molecule has 2 aliphatic carbocycles. The molecule has 1 heterocycles. The van der Waals surface area contributed by atoms with Gasteiger partial charge in [0.05, 0.1) is 6.20 Å². The number of aryl methyl sites for hydroxylation is 1. The van der Waals surface area contributed by atoms with Crippen LogP contribution in [0, 0.1) is 11.8 Å². The first-order chi connectivity index (χ1) is 8.33. The molecule has 0 unspecified atom stereocenters. The number of hydrogen-bond donors (Lipinski definition) is 1. The summed E-state index contributed by atoms with van der Waals surface area (Å²) >= 11 is 1.90.